The molecule has 0 atom stereocenters. The fourth-order valence-electron chi connectivity index (χ4n) is 3.17. The van der Waals surface area contributed by atoms with Crippen LogP contribution < -0.4 is 10.6 Å². The first kappa shape index (κ1) is 17.2. The zero-order chi connectivity index (χ0) is 18.6. The molecule has 2 aromatic carbocycles. The third kappa shape index (κ3) is 3.83. The molecular weight excluding hydrogens is 338 g/mol. The van der Waals surface area contributed by atoms with Crippen LogP contribution in [0.15, 0.2) is 60.7 Å². The highest BCUT2D eigenvalue weighted by Gasteiger charge is 2.20. The lowest BCUT2D eigenvalue weighted by molar-refractivity contribution is 0.104. The lowest BCUT2D eigenvalue weighted by Gasteiger charge is -2.29. The molecule has 1 aromatic heterocycles. The van der Waals surface area contributed by atoms with Gasteiger partial charge >= 0.3 is 0 Å². The standard InChI is InChI=1S/C22H21N3O2/c23-18-8-5-16(6-9-18)7-10-21(26)19-15-17-3-1-2-4-20(17)24-22(19)25-11-13-27-14-12-25/h1-10,15H,11-14,23H2. The van der Waals surface area contributed by atoms with Crippen LogP contribution in [-0.4, -0.2) is 37.1 Å². The van der Waals surface area contributed by atoms with Gasteiger partial charge in [-0.05, 0) is 35.9 Å². The maximum atomic E-state index is 13.0. The fourth-order valence-corrected chi connectivity index (χ4v) is 3.17. The Hall–Kier alpha value is -3.18. The van der Waals surface area contributed by atoms with E-state index in [4.69, 9.17) is 15.5 Å². The SMILES string of the molecule is Nc1ccc(C=CC(=O)c2cc3ccccc3nc2N2CCOCC2)cc1. The van der Waals surface area contributed by atoms with Crippen LogP contribution in [0.25, 0.3) is 17.0 Å². The molecule has 1 saturated heterocycles. The Kier molecular flexibility index (Phi) is 4.85. The molecule has 5 nitrogen and oxygen atoms in total. The number of allylic oxidation sites excluding steroid dienone is 1. The number of nitrogen functional groups attached to an aromatic ring is 1. The third-order valence-electron chi connectivity index (χ3n) is 4.64. The van der Waals surface area contributed by atoms with Crippen LogP contribution in [0, 0.1) is 0 Å². The second-order valence-electron chi connectivity index (χ2n) is 6.52. The normalized spacial score (nSPS) is 14.7. The van der Waals surface area contributed by atoms with Gasteiger partial charge in [-0.2, -0.15) is 0 Å². The largest absolute Gasteiger partial charge is 0.399 e. The number of fused-ring (bicyclic) bond motifs is 1. The number of hydrogen-bond acceptors (Lipinski definition) is 5. The van der Waals surface area contributed by atoms with Gasteiger partial charge in [-0.15, -0.1) is 0 Å². The first-order valence-corrected chi connectivity index (χ1v) is 9.01. The monoisotopic (exact) mass is 359 g/mol. The molecule has 1 aliphatic heterocycles. The van der Waals surface area contributed by atoms with Gasteiger partial charge in [0.25, 0.3) is 0 Å². The number of hydrogen-bond donors (Lipinski definition) is 1. The van der Waals surface area contributed by atoms with Crippen molar-refractivity contribution in [3.63, 3.8) is 0 Å². The number of rotatable bonds is 4. The lowest BCUT2D eigenvalue weighted by atomic mass is 10.1. The number of para-hydroxylation sites is 1. The Bertz CT molecular complexity index is 990. The number of anilines is 2. The molecule has 0 aliphatic carbocycles. The van der Waals surface area contributed by atoms with Crippen molar-refractivity contribution in [2.24, 2.45) is 0 Å². The van der Waals surface area contributed by atoms with Crippen LogP contribution in [0.3, 0.4) is 0 Å². The highest BCUT2D eigenvalue weighted by molar-refractivity contribution is 6.11. The zero-order valence-electron chi connectivity index (χ0n) is 15.0. The molecule has 0 saturated carbocycles. The van der Waals surface area contributed by atoms with E-state index in [1.165, 1.54) is 0 Å². The summed E-state index contributed by atoms with van der Waals surface area (Å²) in [7, 11) is 0. The maximum Gasteiger partial charge on any atom is 0.189 e. The van der Waals surface area contributed by atoms with Crippen molar-refractivity contribution in [1.82, 2.24) is 4.98 Å². The summed E-state index contributed by atoms with van der Waals surface area (Å²) >= 11 is 0. The number of morpholine rings is 1. The Balaban J connectivity index is 1.71. The first-order chi connectivity index (χ1) is 13.2. The predicted molar refractivity (Wildman–Crippen MR) is 109 cm³/mol. The highest BCUT2D eigenvalue weighted by atomic mass is 16.5. The van der Waals surface area contributed by atoms with Crippen LogP contribution in [-0.2, 0) is 4.74 Å². The summed E-state index contributed by atoms with van der Waals surface area (Å²) in [4.78, 5) is 19.9. The molecule has 0 amide bonds. The molecule has 1 aliphatic rings. The first-order valence-electron chi connectivity index (χ1n) is 9.01. The molecule has 0 spiro atoms. The Morgan fingerprint density at radius 2 is 1.81 bits per heavy atom. The lowest BCUT2D eigenvalue weighted by Crippen LogP contribution is -2.37. The molecule has 5 heteroatoms. The molecule has 0 bridgehead atoms. The average molecular weight is 359 g/mol. The van der Waals surface area contributed by atoms with Gasteiger partial charge in [0.1, 0.15) is 5.82 Å². The van der Waals surface area contributed by atoms with E-state index < -0.39 is 0 Å². The van der Waals surface area contributed by atoms with Gasteiger partial charge in [-0.25, -0.2) is 4.98 Å². The van der Waals surface area contributed by atoms with Crippen molar-refractivity contribution < 1.29 is 9.53 Å². The van der Waals surface area contributed by atoms with Gasteiger partial charge in [0.15, 0.2) is 5.78 Å². The number of carbonyl (C=O) groups is 1. The highest BCUT2D eigenvalue weighted by Crippen LogP contribution is 2.25. The molecule has 4 rings (SSSR count). The van der Waals surface area contributed by atoms with Gasteiger partial charge in [0, 0.05) is 24.2 Å². The van der Waals surface area contributed by atoms with E-state index >= 15 is 0 Å². The van der Waals surface area contributed by atoms with Crippen molar-refractivity contribution in [2.45, 2.75) is 0 Å². The minimum absolute atomic E-state index is 0.0634. The number of nitrogens with two attached hydrogens (primary N) is 1. The van der Waals surface area contributed by atoms with E-state index in [-0.39, 0.29) is 5.78 Å². The number of aromatic nitrogens is 1. The fraction of sp³-hybridized carbons (Fsp3) is 0.182. The molecule has 136 valence electrons. The molecule has 2 N–H and O–H groups in total. The van der Waals surface area contributed by atoms with Crippen LogP contribution in [0.2, 0.25) is 0 Å². The molecule has 0 unspecified atom stereocenters. The number of ether oxygens (including phenoxy) is 1. The van der Waals surface area contributed by atoms with Crippen molar-refractivity contribution in [1.29, 1.82) is 0 Å². The van der Waals surface area contributed by atoms with Crippen molar-refractivity contribution >= 4 is 34.3 Å². The quantitative estimate of drug-likeness (QED) is 0.438. The average Bonchev–Trinajstić information content (AvgIpc) is 2.73. The van der Waals surface area contributed by atoms with Crippen LogP contribution >= 0.6 is 0 Å². The van der Waals surface area contributed by atoms with E-state index in [9.17, 15) is 4.79 Å². The van der Waals surface area contributed by atoms with Gasteiger partial charge in [0.05, 0.1) is 24.3 Å². The zero-order valence-corrected chi connectivity index (χ0v) is 15.0. The minimum atomic E-state index is -0.0634. The van der Waals surface area contributed by atoms with E-state index in [0.717, 1.165) is 35.4 Å². The second-order valence-corrected chi connectivity index (χ2v) is 6.52. The Morgan fingerprint density at radius 1 is 1.07 bits per heavy atom. The summed E-state index contributed by atoms with van der Waals surface area (Å²) in [5, 5.41) is 0.957. The van der Waals surface area contributed by atoms with Gasteiger partial charge in [0.2, 0.25) is 0 Å². The van der Waals surface area contributed by atoms with Crippen LogP contribution in [0.5, 0.6) is 0 Å². The van der Waals surface area contributed by atoms with E-state index in [0.29, 0.717) is 24.5 Å². The number of carbonyl (C=O) groups excluding carboxylic acids is 1. The summed E-state index contributed by atoms with van der Waals surface area (Å²) in [6.07, 6.45) is 3.40. The van der Waals surface area contributed by atoms with E-state index in [2.05, 4.69) is 4.90 Å². The van der Waals surface area contributed by atoms with Gasteiger partial charge in [-0.3, -0.25) is 4.79 Å². The number of pyridine rings is 1. The third-order valence-corrected chi connectivity index (χ3v) is 4.64. The maximum absolute atomic E-state index is 13.0. The van der Waals surface area contributed by atoms with E-state index in [1.54, 1.807) is 12.2 Å². The molecular formula is C22H21N3O2. The number of ketones is 1. The topological polar surface area (TPSA) is 68.5 Å². The van der Waals surface area contributed by atoms with Crippen molar-refractivity contribution in [3.8, 4) is 0 Å². The summed E-state index contributed by atoms with van der Waals surface area (Å²) in [5.74, 6) is 0.663. The number of benzene rings is 2. The summed E-state index contributed by atoms with van der Waals surface area (Å²) in [6.45, 7) is 2.74. The van der Waals surface area contributed by atoms with Gasteiger partial charge in [-0.1, -0.05) is 36.4 Å². The predicted octanol–water partition coefficient (Wildman–Crippen LogP) is 3.55. The Labute approximate surface area is 158 Å². The van der Waals surface area contributed by atoms with E-state index in [1.807, 2.05) is 54.6 Å². The smallest absolute Gasteiger partial charge is 0.189 e. The number of nitrogens with zero attached hydrogens (tertiary/aromatic N) is 2. The summed E-state index contributed by atoms with van der Waals surface area (Å²) in [5.41, 5.74) is 8.84. The van der Waals surface area contributed by atoms with Crippen LogP contribution in [0.4, 0.5) is 11.5 Å². The van der Waals surface area contributed by atoms with Crippen molar-refractivity contribution in [2.75, 3.05) is 36.9 Å². The molecule has 0 radical (unpaired) electrons. The van der Waals surface area contributed by atoms with Gasteiger partial charge < -0.3 is 15.4 Å². The minimum Gasteiger partial charge on any atom is -0.399 e. The van der Waals surface area contributed by atoms with Crippen molar-refractivity contribution in [3.05, 3.63) is 71.8 Å². The second kappa shape index (κ2) is 7.60. The molecule has 2 heterocycles. The Morgan fingerprint density at radius 3 is 2.59 bits per heavy atom. The molecule has 27 heavy (non-hydrogen) atoms. The molecule has 3 aromatic rings. The van der Waals surface area contributed by atoms with Crippen LogP contribution in [0.1, 0.15) is 15.9 Å². The summed E-state index contributed by atoms with van der Waals surface area (Å²) < 4.78 is 5.45. The molecule has 1 fully saturated rings. The summed E-state index contributed by atoms with van der Waals surface area (Å²) in [6, 6.07) is 17.2.